The molecule has 2 aromatic heterocycles. The molecule has 25 heavy (non-hydrogen) atoms. The van der Waals surface area contributed by atoms with E-state index in [4.69, 9.17) is 0 Å². The Kier molecular flexibility index (Phi) is 3.99. The summed E-state index contributed by atoms with van der Waals surface area (Å²) in [4.78, 5) is 16.8. The van der Waals surface area contributed by atoms with Crippen LogP contribution in [0, 0.1) is 5.92 Å². The van der Waals surface area contributed by atoms with Gasteiger partial charge in [0.15, 0.2) is 5.65 Å². The highest BCUT2D eigenvalue weighted by Gasteiger charge is 2.23. The molecule has 1 saturated carbocycles. The summed E-state index contributed by atoms with van der Waals surface area (Å²) in [6.07, 6.45) is 5.77. The maximum atomic E-state index is 12.4. The van der Waals surface area contributed by atoms with Gasteiger partial charge >= 0.3 is 0 Å². The minimum atomic E-state index is -0.0956. The fourth-order valence-electron chi connectivity index (χ4n) is 2.96. The van der Waals surface area contributed by atoms with Crippen LogP contribution in [0.15, 0.2) is 42.7 Å². The molecule has 1 aromatic carbocycles. The fourth-order valence-corrected chi connectivity index (χ4v) is 2.96. The monoisotopic (exact) mass is 334 g/mol. The first-order valence-corrected chi connectivity index (χ1v) is 8.85. The number of benzene rings is 1. The highest BCUT2D eigenvalue weighted by atomic mass is 16.1. The van der Waals surface area contributed by atoms with Crippen molar-refractivity contribution in [2.75, 3.05) is 6.54 Å². The molecule has 1 fully saturated rings. The number of aromatic nitrogens is 3. The van der Waals surface area contributed by atoms with E-state index >= 15 is 0 Å². The van der Waals surface area contributed by atoms with Gasteiger partial charge in [-0.15, -0.1) is 0 Å². The second-order valence-electron chi connectivity index (χ2n) is 7.05. The van der Waals surface area contributed by atoms with Gasteiger partial charge in [0.1, 0.15) is 5.56 Å². The SMILES string of the molecule is CC(C)c1ccc(-c2ccnc3c(C(=O)NCC4CC4)cnn23)cc1. The van der Waals surface area contributed by atoms with E-state index in [1.807, 2.05) is 6.07 Å². The maximum Gasteiger partial charge on any atom is 0.256 e. The smallest absolute Gasteiger partial charge is 0.256 e. The Hall–Kier alpha value is -2.69. The summed E-state index contributed by atoms with van der Waals surface area (Å²) >= 11 is 0. The number of fused-ring (bicyclic) bond motifs is 1. The highest BCUT2D eigenvalue weighted by molar-refractivity contribution is 5.99. The number of rotatable bonds is 5. The molecule has 3 aromatic rings. The second-order valence-corrected chi connectivity index (χ2v) is 7.05. The van der Waals surface area contributed by atoms with E-state index in [2.05, 4.69) is 53.5 Å². The van der Waals surface area contributed by atoms with Crippen LogP contribution >= 0.6 is 0 Å². The van der Waals surface area contributed by atoms with Gasteiger partial charge in [-0.3, -0.25) is 4.79 Å². The quantitative estimate of drug-likeness (QED) is 0.774. The van der Waals surface area contributed by atoms with Crippen LogP contribution < -0.4 is 5.32 Å². The number of hydrogen-bond acceptors (Lipinski definition) is 3. The van der Waals surface area contributed by atoms with Crippen molar-refractivity contribution < 1.29 is 4.79 Å². The molecular formula is C20H22N4O. The third kappa shape index (κ3) is 3.14. The van der Waals surface area contributed by atoms with Gasteiger partial charge in [0.2, 0.25) is 0 Å². The number of hydrogen-bond donors (Lipinski definition) is 1. The van der Waals surface area contributed by atoms with Gasteiger partial charge in [0, 0.05) is 18.3 Å². The number of carbonyl (C=O) groups is 1. The Balaban J connectivity index is 1.67. The molecule has 2 heterocycles. The molecule has 0 spiro atoms. The molecule has 1 N–H and O–H groups in total. The van der Waals surface area contributed by atoms with Crippen molar-refractivity contribution in [3.05, 3.63) is 53.9 Å². The predicted octanol–water partition coefficient (Wildman–Crippen LogP) is 3.66. The Labute approximate surface area is 147 Å². The van der Waals surface area contributed by atoms with Gasteiger partial charge in [-0.25, -0.2) is 9.50 Å². The van der Waals surface area contributed by atoms with E-state index in [0.29, 0.717) is 23.0 Å². The fraction of sp³-hybridized carbons (Fsp3) is 0.350. The van der Waals surface area contributed by atoms with Crippen LogP contribution in [-0.4, -0.2) is 27.0 Å². The minimum Gasteiger partial charge on any atom is -0.352 e. The van der Waals surface area contributed by atoms with Crippen LogP contribution in [0.4, 0.5) is 0 Å². The summed E-state index contributed by atoms with van der Waals surface area (Å²) in [5, 5.41) is 7.40. The number of nitrogens with zero attached hydrogens (tertiary/aromatic N) is 3. The zero-order chi connectivity index (χ0) is 17.4. The highest BCUT2D eigenvalue weighted by Crippen LogP contribution is 2.28. The lowest BCUT2D eigenvalue weighted by molar-refractivity contribution is 0.0953. The standard InChI is InChI=1S/C20H22N4O/c1-13(2)15-5-7-16(8-6-15)18-9-10-21-19-17(12-23-24(18)19)20(25)22-11-14-3-4-14/h5-10,12-14H,3-4,11H2,1-2H3,(H,22,25). The lowest BCUT2D eigenvalue weighted by Crippen LogP contribution is -2.25. The van der Waals surface area contributed by atoms with Crippen molar-refractivity contribution in [3.8, 4) is 11.3 Å². The number of nitrogens with one attached hydrogen (secondary N) is 1. The zero-order valence-corrected chi connectivity index (χ0v) is 14.6. The summed E-state index contributed by atoms with van der Waals surface area (Å²) < 4.78 is 1.75. The summed E-state index contributed by atoms with van der Waals surface area (Å²) in [6.45, 7) is 5.10. The van der Waals surface area contributed by atoms with E-state index in [9.17, 15) is 4.79 Å². The molecule has 0 bridgehead atoms. The summed E-state index contributed by atoms with van der Waals surface area (Å²) in [5.41, 5.74) is 4.42. The first-order valence-electron chi connectivity index (χ1n) is 8.85. The first-order chi connectivity index (χ1) is 12.1. The van der Waals surface area contributed by atoms with Crippen molar-refractivity contribution in [1.82, 2.24) is 19.9 Å². The van der Waals surface area contributed by atoms with Gasteiger partial charge < -0.3 is 5.32 Å². The molecule has 0 radical (unpaired) electrons. The van der Waals surface area contributed by atoms with Crippen LogP contribution in [0.3, 0.4) is 0 Å². The van der Waals surface area contributed by atoms with Crippen LogP contribution in [0.5, 0.6) is 0 Å². The molecule has 5 nitrogen and oxygen atoms in total. The largest absolute Gasteiger partial charge is 0.352 e. The summed E-state index contributed by atoms with van der Waals surface area (Å²) in [7, 11) is 0. The van der Waals surface area contributed by atoms with Crippen molar-refractivity contribution in [1.29, 1.82) is 0 Å². The molecule has 128 valence electrons. The minimum absolute atomic E-state index is 0.0956. The maximum absolute atomic E-state index is 12.4. The third-order valence-electron chi connectivity index (χ3n) is 4.77. The number of amides is 1. The topological polar surface area (TPSA) is 59.3 Å². The molecule has 0 unspecified atom stereocenters. The van der Waals surface area contributed by atoms with E-state index in [1.54, 1.807) is 16.9 Å². The van der Waals surface area contributed by atoms with Crippen molar-refractivity contribution >= 4 is 11.6 Å². The van der Waals surface area contributed by atoms with E-state index in [1.165, 1.54) is 18.4 Å². The Morgan fingerprint density at radius 3 is 2.68 bits per heavy atom. The zero-order valence-electron chi connectivity index (χ0n) is 14.6. The van der Waals surface area contributed by atoms with Crippen LogP contribution in [-0.2, 0) is 0 Å². The predicted molar refractivity (Wildman–Crippen MR) is 97.6 cm³/mol. The molecule has 4 rings (SSSR count). The summed E-state index contributed by atoms with van der Waals surface area (Å²) in [6, 6.07) is 10.4. The Bertz CT molecular complexity index is 907. The van der Waals surface area contributed by atoms with Gasteiger partial charge in [0.25, 0.3) is 5.91 Å². The normalized spacial score (nSPS) is 14.2. The van der Waals surface area contributed by atoms with Crippen molar-refractivity contribution in [2.24, 2.45) is 5.92 Å². The molecule has 0 atom stereocenters. The van der Waals surface area contributed by atoms with Gasteiger partial charge in [-0.05, 0) is 36.3 Å². The van der Waals surface area contributed by atoms with E-state index in [-0.39, 0.29) is 5.91 Å². The molecule has 1 aliphatic rings. The molecule has 0 aliphatic heterocycles. The average molecular weight is 334 g/mol. The van der Waals surface area contributed by atoms with Crippen molar-refractivity contribution in [3.63, 3.8) is 0 Å². The third-order valence-corrected chi connectivity index (χ3v) is 4.77. The lowest BCUT2D eigenvalue weighted by atomic mass is 10.0. The molecule has 1 amide bonds. The average Bonchev–Trinajstić information content (AvgIpc) is 3.36. The second kappa shape index (κ2) is 6.31. The van der Waals surface area contributed by atoms with Crippen LogP contribution in [0.1, 0.15) is 48.5 Å². The molecule has 0 saturated heterocycles. The van der Waals surface area contributed by atoms with Crippen LogP contribution in [0.2, 0.25) is 0 Å². The summed E-state index contributed by atoms with van der Waals surface area (Å²) in [5.74, 6) is 1.05. The van der Waals surface area contributed by atoms with Gasteiger partial charge in [-0.2, -0.15) is 5.10 Å². The molecular weight excluding hydrogens is 312 g/mol. The van der Waals surface area contributed by atoms with E-state index in [0.717, 1.165) is 17.8 Å². The van der Waals surface area contributed by atoms with Crippen LogP contribution in [0.25, 0.3) is 16.9 Å². The Morgan fingerprint density at radius 1 is 1.24 bits per heavy atom. The number of carbonyl (C=O) groups excluding carboxylic acids is 1. The van der Waals surface area contributed by atoms with Gasteiger partial charge in [-0.1, -0.05) is 38.1 Å². The Morgan fingerprint density at radius 2 is 2.00 bits per heavy atom. The lowest BCUT2D eigenvalue weighted by Gasteiger charge is -2.08. The van der Waals surface area contributed by atoms with Crippen molar-refractivity contribution in [2.45, 2.75) is 32.6 Å². The molecule has 1 aliphatic carbocycles. The molecule has 5 heteroatoms. The van der Waals surface area contributed by atoms with E-state index < -0.39 is 0 Å². The first kappa shape index (κ1) is 15.8. The van der Waals surface area contributed by atoms with Gasteiger partial charge in [0.05, 0.1) is 11.9 Å².